The van der Waals surface area contributed by atoms with Gasteiger partial charge in [0.1, 0.15) is 0 Å². The summed E-state index contributed by atoms with van der Waals surface area (Å²) >= 11 is 0. The summed E-state index contributed by atoms with van der Waals surface area (Å²) in [5.74, 6) is 0. The molecule has 5 heteroatoms. The van der Waals surface area contributed by atoms with Crippen LogP contribution in [0.4, 0.5) is 0 Å². The Balaban J connectivity index is 0.000000118. The summed E-state index contributed by atoms with van der Waals surface area (Å²) in [5, 5.41) is 9.65. The van der Waals surface area contributed by atoms with Crippen molar-refractivity contribution in [3.8, 4) is 45.0 Å². The number of benzene rings is 8. The van der Waals surface area contributed by atoms with Gasteiger partial charge in [-0.2, -0.15) is 0 Å². The second kappa shape index (κ2) is 21.9. The normalized spacial score (nSPS) is 10.3. The summed E-state index contributed by atoms with van der Waals surface area (Å²) in [5.41, 5.74) is 8.52. The molecule has 0 bridgehead atoms. The van der Waals surface area contributed by atoms with Crippen LogP contribution in [0.15, 0.2) is 255 Å². The molecule has 0 fully saturated rings. The number of hydrogen-bond donors (Lipinski definition) is 0. The molecular weight excluding hydrogens is 969 g/mol. The fraction of sp³-hybridized carbons (Fsp3) is 0. The van der Waals surface area contributed by atoms with E-state index in [1.54, 1.807) is 0 Å². The molecule has 4 heterocycles. The molecule has 0 amide bonds. The zero-order chi connectivity index (χ0) is 43.2. The minimum absolute atomic E-state index is 0. The van der Waals surface area contributed by atoms with Crippen LogP contribution in [0.25, 0.3) is 88.1 Å². The zero-order valence-electron chi connectivity index (χ0n) is 35.4. The van der Waals surface area contributed by atoms with Gasteiger partial charge in [0, 0.05) is 46.7 Å². The van der Waals surface area contributed by atoms with Gasteiger partial charge in [0.05, 0.1) is 11.4 Å². The van der Waals surface area contributed by atoms with E-state index in [1.165, 1.54) is 54.2 Å². The molecule has 4 nitrogen and oxygen atoms in total. The van der Waals surface area contributed by atoms with E-state index < -0.39 is 0 Å². The molecule has 0 saturated heterocycles. The Morgan fingerprint density at radius 2 is 0.523 bits per heavy atom. The third-order valence-corrected chi connectivity index (χ3v) is 10.7. The average Bonchev–Trinajstić information content (AvgIpc) is 3.39. The monoisotopic (exact) mass is 1010 g/mol. The van der Waals surface area contributed by atoms with Crippen molar-refractivity contribution in [3.63, 3.8) is 0 Å². The van der Waals surface area contributed by atoms with Gasteiger partial charge in [0.15, 0.2) is 0 Å². The minimum atomic E-state index is 0. The molecule has 0 unspecified atom stereocenters. The number of fused-ring (bicyclic) bond motifs is 4. The summed E-state index contributed by atoms with van der Waals surface area (Å²) in [6.45, 7) is 0. The third-order valence-electron chi connectivity index (χ3n) is 10.7. The maximum Gasteiger partial charge on any atom is 0.0780 e. The summed E-state index contributed by atoms with van der Waals surface area (Å²) in [6, 6.07) is 84.2. The molecule has 0 aliphatic heterocycles. The summed E-state index contributed by atoms with van der Waals surface area (Å²) in [4.78, 5) is 17.8. The van der Waals surface area contributed by atoms with Gasteiger partial charge in [-0.25, -0.2) is 0 Å². The van der Waals surface area contributed by atoms with E-state index in [4.69, 9.17) is 0 Å². The smallest absolute Gasteiger partial charge is 0.0780 e. The molecule has 0 aliphatic carbocycles. The maximum atomic E-state index is 4.48. The van der Waals surface area contributed by atoms with Crippen molar-refractivity contribution >= 4 is 43.1 Å². The van der Waals surface area contributed by atoms with Gasteiger partial charge < -0.3 is 30.1 Å². The van der Waals surface area contributed by atoms with Gasteiger partial charge in [-0.15, -0.1) is 71.8 Å². The number of rotatable bonds is 4. The number of nitrogens with zero attached hydrogens (tertiary/aromatic N) is 4. The van der Waals surface area contributed by atoms with Gasteiger partial charge >= 0.3 is 0 Å². The van der Waals surface area contributed by atoms with E-state index in [1.807, 2.05) is 158 Å². The Bertz CT molecular complexity index is 2900. The van der Waals surface area contributed by atoms with Crippen molar-refractivity contribution in [2.75, 3.05) is 0 Å². The van der Waals surface area contributed by atoms with Crippen molar-refractivity contribution in [2.45, 2.75) is 0 Å². The molecule has 12 rings (SSSR count). The molecule has 0 spiro atoms. The molecule has 4 aromatic heterocycles. The first kappa shape index (κ1) is 43.7. The van der Waals surface area contributed by atoms with Crippen LogP contribution in [0.2, 0.25) is 0 Å². The van der Waals surface area contributed by atoms with Crippen LogP contribution in [0.1, 0.15) is 0 Å². The molecule has 316 valence electrons. The molecule has 0 N–H and O–H groups in total. The van der Waals surface area contributed by atoms with Crippen molar-refractivity contribution in [1.29, 1.82) is 0 Å². The Kier molecular flexibility index (Phi) is 14.7. The fourth-order valence-electron chi connectivity index (χ4n) is 7.64. The molecular formula is C60H42IrN4-5. The topological polar surface area (TPSA) is 51.6 Å². The Hall–Kier alpha value is -7.95. The third kappa shape index (κ3) is 10.6. The Morgan fingerprint density at radius 1 is 0.246 bits per heavy atom. The largest absolute Gasteiger partial charge is 3.00 e. The van der Waals surface area contributed by atoms with E-state index >= 15 is 0 Å². The van der Waals surface area contributed by atoms with Gasteiger partial charge in [0.2, 0.25) is 0 Å². The van der Waals surface area contributed by atoms with Crippen LogP contribution in [0, 0.1) is 12.1 Å². The van der Waals surface area contributed by atoms with Crippen molar-refractivity contribution in [2.24, 2.45) is 0 Å². The molecule has 0 aliphatic rings. The van der Waals surface area contributed by atoms with E-state index in [-0.39, 0.29) is 20.1 Å². The number of hydrogen-bond acceptors (Lipinski definition) is 4. The van der Waals surface area contributed by atoms with Gasteiger partial charge in [0.25, 0.3) is 0 Å². The molecule has 12 aromatic rings. The van der Waals surface area contributed by atoms with Gasteiger partial charge in [-0.1, -0.05) is 158 Å². The standard InChI is InChI=1S/2C15H11N.2C15H10N.Ir/c4*1-2-7-13(8-3-1)15-14-9-5-4-6-12(14)10-11-16-15;/h2*1-11H;2*1-7,9-11H;/q;;2*-1;-3. The second-order valence-corrected chi connectivity index (χ2v) is 14.8. The van der Waals surface area contributed by atoms with Crippen LogP contribution in [-0.2, 0) is 20.1 Å². The quantitative estimate of drug-likeness (QED) is 0.165. The Labute approximate surface area is 393 Å². The van der Waals surface area contributed by atoms with Crippen LogP contribution >= 0.6 is 0 Å². The SMILES string of the molecule is [Ir-3].[c-]1ccccc1-c1nccc2ccccc12.[c-]1ccccc1-c1nccc2ccccc12.c1ccc(-c2nccc3ccccc23)cc1.c1ccc(-c2nccc3ccccc23)cc1. The van der Waals surface area contributed by atoms with E-state index in [0.717, 1.165) is 33.9 Å². The van der Waals surface area contributed by atoms with Crippen molar-refractivity contribution < 1.29 is 20.1 Å². The predicted molar refractivity (Wildman–Crippen MR) is 266 cm³/mol. The van der Waals surface area contributed by atoms with Crippen LogP contribution in [-0.4, -0.2) is 19.9 Å². The summed E-state index contributed by atoms with van der Waals surface area (Å²) < 4.78 is 0. The second-order valence-electron chi connectivity index (χ2n) is 14.8. The van der Waals surface area contributed by atoms with Crippen LogP contribution in [0.5, 0.6) is 0 Å². The average molecular weight is 1010 g/mol. The van der Waals surface area contributed by atoms with E-state index in [9.17, 15) is 0 Å². The molecule has 0 radical (unpaired) electrons. The zero-order valence-corrected chi connectivity index (χ0v) is 37.8. The first-order valence-electron chi connectivity index (χ1n) is 21.2. The molecule has 0 saturated carbocycles. The number of aromatic nitrogens is 4. The van der Waals surface area contributed by atoms with Crippen molar-refractivity contribution in [1.82, 2.24) is 19.9 Å². The molecule has 8 aromatic carbocycles. The first-order valence-corrected chi connectivity index (χ1v) is 21.2. The maximum absolute atomic E-state index is 4.48. The Morgan fingerprint density at radius 3 is 0.846 bits per heavy atom. The summed E-state index contributed by atoms with van der Waals surface area (Å²) in [7, 11) is 0. The minimum Gasteiger partial charge on any atom is -3.00 e. The van der Waals surface area contributed by atoms with Crippen molar-refractivity contribution in [3.05, 3.63) is 267 Å². The van der Waals surface area contributed by atoms with Crippen LogP contribution in [0.3, 0.4) is 0 Å². The van der Waals surface area contributed by atoms with Crippen LogP contribution < -0.4 is 0 Å². The van der Waals surface area contributed by atoms with E-state index in [0.29, 0.717) is 0 Å². The first-order chi connectivity index (χ1) is 31.8. The summed E-state index contributed by atoms with van der Waals surface area (Å²) in [6.07, 6.45) is 7.42. The molecule has 65 heavy (non-hydrogen) atoms. The molecule has 0 atom stereocenters. The predicted octanol–water partition coefficient (Wildman–Crippen LogP) is 15.2. The van der Waals surface area contributed by atoms with Gasteiger partial charge in [-0.05, 0) is 68.0 Å². The van der Waals surface area contributed by atoms with E-state index in [2.05, 4.69) is 129 Å². The fourth-order valence-corrected chi connectivity index (χ4v) is 7.64. The van der Waals surface area contributed by atoms with Gasteiger partial charge in [-0.3, -0.25) is 9.97 Å². The number of pyridine rings is 4.